The molecule has 1 aliphatic rings. The van der Waals surface area contributed by atoms with Crippen LogP contribution in [0.25, 0.3) is 0 Å². The van der Waals surface area contributed by atoms with Gasteiger partial charge in [0.1, 0.15) is 0 Å². The summed E-state index contributed by atoms with van der Waals surface area (Å²) in [7, 11) is 0. The van der Waals surface area contributed by atoms with Crippen LogP contribution < -0.4 is 10.6 Å². The van der Waals surface area contributed by atoms with E-state index in [1.807, 2.05) is 17.8 Å². The Labute approximate surface area is 97.6 Å². The minimum atomic E-state index is 0.0649. The molecule has 2 rings (SSSR count). The van der Waals surface area contributed by atoms with Crippen molar-refractivity contribution in [2.24, 2.45) is 0 Å². The molecule has 0 unspecified atom stereocenters. The van der Waals surface area contributed by atoms with Crippen molar-refractivity contribution in [3.05, 3.63) is 10.9 Å². The van der Waals surface area contributed by atoms with Crippen molar-refractivity contribution in [2.75, 3.05) is 35.2 Å². The summed E-state index contributed by atoms with van der Waals surface area (Å²) < 4.78 is 0. The molecule has 0 aliphatic carbocycles. The van der Waals surface area contributed by atoms with Gasteiger partial charge in [-0.2, -0.15) is 11.8 Å². The summed E-state index contributed by atoms with van der Waals surface area (Å²) in [5.41, 5.74) is 6.43. The van der Waals surface area contributed by atoms with Crippen LogP contribution in [-0.2, 0) is 0 Å². The predicted octanol–water partition coefficient (Wildman–Crippen LogP) is 2.09. The molecule has 82 valence electrons. The van der Waals surface area contributed by atoms with E-state index in [9.17, 15) is 4.79 Å². The maximum Gasteiger partial charge on any atom is 0.171 e. The fourth-order valence-corrected chi connectivity index (χ4v) is 3.54. The second-order valence-electron chi connectivity index (χ2n) is 3.52. The van der Waals surface area contributed by atoms with Crippen LogP contribution in [0.3, 0.4) is 0 Å². The minimum Gasteiger partial charge on any atom is -0.397 e. The molecule has 15 heavy (non-hydrogen) atoms. The number of rotatable bonds is 2. The highest BCUT2D eigenvalue weighted by Gasteiger charge is 2.17. The average Bonchev–Trinajstić information content (AvgIpc) is 2.62. The van der Waals surface area contributed by atoms with Crippen molar-refractivity contribution in [2.45, 2.75) is 6.92 Å². The molecule has 1 aromatic rings. The van der Waals surface area contributed by atoms with E-state index in [1.165, 1.54) is 11.3 Å². The molecule has 0 bridgehead atoms. The number of nitrogens with two attached hydrogens (primary N) is 1. The van der Waals surface area contributed by atoms with E-state index >= 15 is 0 Å². The standard InChI is InChI=1S/C10H14N2OS2/c1-7(13)10-8(11)6-9(15-10)12-2-4-14-5-3-12/h6H,2-5,11H2,1H3. The van der Waals surface area contributed by atoms with E-state index in [1.54, 1.807) is 6.92 Å². The largest absolute Gasteiger partial charge is 0.397 e. The Morgan fingerprint density at radius 3 is 2.67 bits per heavy atom. The van der Waals surface area contributed by atoms with Gasteiger partial charge < -0.3 is 10.6 Å². The molecule has 2 N–H and O–H groups in total. The van der Waals surface area contributed by atoms with Crippen molar-refractivity contribution in [1.29, 1.82) is 0 Å². The van der Waals surface area contributed by atoms with Crippen LogP contribution >= 0.6 is 23.1 Å². The first-order chi connectivity index (χ1) is 7.18. The molecular weight excluding hydrogens is 228 g/mol. The summed E-state index contributed by atoms with van der Waals surface area (Å²) >= 11 is 3.49. The second kappa shape index (κ2) is 4.45. The molecule has 3 nitrogen and oxygen atoms in total. The number of thioether (sulfide) groups is 1. The molecule has 1 fully saturated rings. The molecular formula is C10H14N2OS2. The summed E-state index contributed by atoms with van der Waals surface area (Å²) in [6.07, 6.45) is 0. The van der Waals surface area contributed by atoms with Gasteiger partial charge in [-0.05, 0) is 6.07 Å². The number of anilines is 2. The van der Waals surface area contributed by atoms with Gasteiger partial charge >= 0.3 is 0 Å². The predicted molar refractivity (Wildman–Crippen MR) is 68.3 cm³/mol. The van der Waals surface area contributed by atoms with Gasteiger partial charge in [0.25, 0.3) is 0 Å². The molecule has 0 spiro atoms. The highest BCUT2D eigenvalue weighted by molar-refractivity contribution is 7.99. The monoisotopic (exact) mass is 242 g/mol. The second-order valence-corrected chi connectivity index (χ2v) is 5.78. The number of ketones is 1. The van der Waals surface area contributed by atoms with Gasteiger partial charge in [-0.25, -0.2) is 0 Å². The fourth-order valence-electron chi connectivity index (χ4n) is 1.61. The van der Waals surface area contributed by atoms with Crippen molar-refractivity contribution in [1.82, 2.24) is 0 Å². The van der Waals surface area contributed by atoms with Gasteiger partial charge in [-0.3, -0.25) is 4.79 Å². The molecule has 1 aromatic heterocycles. The highest BCUT2D eigenvalue weighted by Crippen LogP contribution is 2.33. The van der Waals surface area contributed by atoms with Crippen LogP contribution in [0.4, 0.5) is 10.7 Å². The van der Waals surface area contributed by atoms with Gasteiger partial charge in [-0.15, -0.1) is 11.3 Å². The Balaban J connectivity index is 2.21. The third-order valence-electron chi connectivity index (χ3n) is 2.39. The Kier molecular flexibility index (Phi) is 3.21. The minimum absolute atomic E-state index is 0.0649. The first-order valence-corrected chi connectivity index (χ1v) is 6.88. The van der Waals surface area contributed by atoms with Crippen LogP contribution in [0, 0.1) is 0 Å². The van der Waals surface area contributed by atoms with Crippen LogP contribution in [0.2, 0.25) is 0 Å². The fraction of sp³-hybridized carbons (Fsp3) is 0.500. The normalized spacial score (nSPS) is 16.7. The molecule has 0 aromatic carbocycles. The third-order valence-corrected chi connectivity index (χ3v) is 4.65. The highest BCUT2D eigenvalue weighted by atomic mass is 32.2. The summed E-state index contributed by atoms with van der Waals surface area (Å²) in [6, 6.07) is 1.93. The van der Waals surface area contributed by atoms with Gasteiger partial charge in [0.2, 0.25) is 0 Å². The number of hydrogen-bond acceptors (Lipinski definition) is 5. The molecule has 1 saturated heterocycles. The number of hydrogen-bond donors (Lipinski definition) is 1. The first kappa shape index (κ1) is 10.8. The number of nitrogens with zero attached hydrogens (tertiary/aromatic N) is 1. The zero-order chi connectivity index (χ0) is 10.8. The molecule has 1 aliphatic heterocycles. The van der Waals surface area contributed by atoms with E-state index in [2.05, 4.69) is 4.90 Å². The maximum atomic E-state index is 11.3. The van der Waals surface area contributed by atoms with E-state index < -0.39 is 0 Å². The lowest BCUT2D eigenvalue weighted by Crippen LogP contribution is -2.31. The number of carbonyl (C=O) groups excluding carboxylic acids is 1. The zero-order valence-electron chi connectivity index (χ0n) is 8.66. The molecule has 0 saturated carbocycles. The smallest absolute Gasteiger partial charge is 0.171 e. The number of nitrogen functional groups attached to an aromatic ring is 1. The van der Waals surface area contributed by atoms with Crippen LogP contribution in [0.15, 0.2) is 6.07 Å². The summed E-state index contributed by atoms with van der Waals surface area (Å²) in [6.45, 7) is 3.68. The van der Waals surface area contributed by atoms with Gasteiger partial charge in [0.15, 0.2) is 5.78 Å². The summed E-state index contributed by atoms with van der Waals surface area (Å²) in [5.74, 6) is 2.38. The van der Waals surface area contributed by atoms with E-state index in [4.69, 9.17) is 5.73 Å². The number of thiophene rings is 1. The molecule has 0 amide bonds. The van der Waals surface area contributed by atoms with Crippen LogP contribution in [0.5, 0.6) is 0 Å². The molecule has 2 heterocycles. The summed E-state index contributed by atoms with van der Waals surface area (Å²) in [4.78, 5) is 14.3. The average molecular weight is 242 g/mol. The number of carbonyl (C=O) groups is 1. The van der Waals surface area contributed by atoms with Crippen LogP contribution in [-0.4, -0.2) is 30.4 Å². The first-order valence-electron chi connectivity index (χ1n) is 4.91. The lowest BCUT2D eigenvalue weighted by atomic mass is 10.3. The Hall–Kier alpha value is -0.680. The number of Topliss-reactive ketones (excluding diaryl/α,β-unsaturated/α-hetero) is 1. The lowest BCUT2D eigenvalue weighted by molar-refractivity contribution is 0.102. The van der Waals surface area contributed by atoms with E-state index in [-0.39, 0.29) is 5.78 Å². The Morgan fingerprint density at radius 2 is 2.13 bits per heavy atom. The SMILES string of the molecule is CC(=O)c1sc(N2CCSCC2)cc1N. The van der Waals surface area contributed by atoms with Crippen molar-refractivity contribution in [3.8, 4) is 0 Å². The summed E-state index contributed by atoms with van der Waals surface area (Å²) in [5, 5.41) is 1.14. The van der Waals surface area contributed by atoms with Crippen molar-refractivity contribution in [3.63, 3.8) is 0 Å². The molecule has 5 heteroatoms. The lowest BCUT2D eigenvalue weighted by Gasteiger charge is -2.26. The Morgan fingerprint density at radius 1 is 1.47 bits per heavy atom. The van der Waals surface area contributed by atoms with E-state index in [0.29, 0.717) is 10.6 Å². The van der Waals surface area contributed by atoms with E-state index in [0.717, 1.165) is 29.6 Å². The van der Waals surface area contributed by atoms with Gasteiger partial charge in [-0.1, -0.05) is 0 Å². The molecule has 0 radical (unpaired) electrons. The molecule has 0 atom stereocenters. The van der Waals surface area contributed by atoms with Crippen LogP contribution in [0.1, 0.15) is 16.6 Å². The quantitative estimate of drug-likeness (QED) is 0.807. The van der Waals surface area contributed by atoms with Gasteiger partial charge in [0, 0.05) is 31.5 Å². The topological polar surface area (TPSA) is 46.3 Å². The Bertz CT molecular complexity index is 369. The third kappa shape index (κ3) is 2.29. The van der Waals surface area contributed by atoms with Crippen molar-refractivity contribution >= 4 is 39.6 Å². The van der Waals surface area contributed by atoms with Crippen molar-refractivity contribution < 1.29 is 4.79 Å². The maximum absolute atomic E-state index is 11.3. The zero-order valence-corrected chi connectivity index (χ0v) is 10.3. The van der Waals surface area contributed by atoms with Gasteiger partial charge in [0.05, 0.1) is 15.6 Å².